The molecule has 0 unspecified atom stereocenters. The predicted molar refractivity (Wildman–Crippen MR) is 84.0 cm³/mol. The first kappa shape index (κ1) is 15.4. The van der Waals surface area contributed by atoms with Gasteiger partial charge in [0.15, 0.2) is 11.5 Å². The number of aromatic hydroxyl groups is 2. The number of nitrogens with two attached hydrogens (primary N) is 1. The van der Waals surface area contributed by atoms with Crippen molar-refractivity contribution >= 4 is 0 Å². The topological polar surface area (TPSA) is 69.7 Å². The molecular weight excluding hydrogens is 264 g/mol. The van der Waals surface area contributed by atoms with Crippen molar-refractivity contribution in [2.75, 3.05) is 13.1 Å². The molecule has 4 heteroatoms. The van der Waals surface area contributed by atoms with E-state index in [0.717, 1.165) is 25.1 Å². The van der Waals surface area contributed by atoms with Gasteiger partial charge >= 0.3 is 0 Å². The Kier molecular flexibility index (Phi) is 5.60. The largest absolute Gasteiger partial charge is 0.504 e. The molecule has 2 aromatic rings. The lowest BCUT2D eigenvalue weighted by Gasteiger charge is -2.22. The van der Waals surface area contributed by atoms with Crippen LogP contribution in [0, 0.1) is 0 Å². The zero-order chi connectivity index (χ0) is 15.1. The Balaban J connectivity index is 2.06. The summed E-state index contributed by atoms with van der Waals surface area (Å²) in [5, 5.41) is 19.0. The molecule has 0 spiro atoms. The first-order chi connectivity index (χ1) is 10.2. The molecule has 2 rings (SSSR count). The second kappa shape index (κ2) is 7.67. The molecule has 0 heterocycles. The van der Waals surface area contributed by atoms with Crippen LogP contribution in [0.4, 0.5) is 0 Å². The van der Waals surface area contributed by atoms with Crippen molar-refractivity contribution in [2.45, 2.75) is 19.5 Å². The normalized spacial score (nSPS) is 11.0. The molecule has 0 saturated carbocycles. The predicted octanol–water partition coefficient (Wildman–Crippen LogP) is 2.45. The van der Waals surface area contributed by atoms with Crippen molar-refractivity contribution in [1.82, 2.24) is 4.90 Å². The van der Waals surface area contributed by atoms with Gasteiger partial charge in [-0.1, -0.05) is 36.4 Å². The Morgan fingerprint density at radius 3 is 2.24 bits per heavy atom. The number of phenols is 2. The summed E-state index contributed by atoms with van der Waals surface area (Å²) >= 11 is 0. The SMILES string of the molecule is NCCCN(Cc1ccccc1)Cc1ccc(O)c(O)c1. The molecule has 21 heavy (non-hydrogen) atoms. The standard InChI is InChI=1S/C17H22N2O2/c18-9-4-10-19(12-14-5-2-1-3-6-14)13-15-7-8-16(20)17(21)11-15/h1-3,5-8,11,20-21H,4,9-10,12-13,18H2. The molecule has 4 nitrogen and oxygen atoms in total. The second-order valence-electron chi connectivity index (χ2n) is 5.16. The fourth-order valence-electron chi connectivity index (χ4n) is 2.30. The third-order valence-electron chi connectivity index (χ3n) is 3.37. The van der Waals surface area contributed by atoms with Crippen LogP contribution < -0.4 is 5.73 Å². The molecule has 0 aliphatic rings. The summed E-state index contributed by atoms with van der Waals surface area (Å²) in [6.45, 7) is 3.10. The van der Waals surface area contributed by atoms with E-state index in [9.17, 15) is 10.2 Å². The highest BCUT2D eigenvalue weighted by Crippen LogP contribution is 2.25. The van der Waals surface area contributed by atoms with E-state index >= 15 is 0 Å². The van der Waals surface area contributed by atoms with Gasteiger partial charge in [0.2, 0.25) is 0 Å². The van der Waals surface area contributed by atoms with E-state index in [4.69, 9.17) is 5.73 Å². The highest BCUT2D eigenvalue weighted by molar-refractivity contribution is 5.40. The fourth-order valence-corrected chi connectivity index (χ4v) is 2.30. The lowest BCUT2D eigenvalue weighted by Crippen LogP contribution is -2.25. The van der Waals surface area contributed by atoms with Crippen LogP contribution in [0.2, 0.25) is 0 Å². The lowest BCUT2D eigenvalue weighted by atomic mass is 10.1. The average Bonchev–Trinajstić information content (AvgIpc) is 2.49. The molecule has 0 aliphatic heterocycles. The van der Waals surface area contributed by atoms with Crippen molar-refractivity contribution in [2.24, 2.45) is 5.73 Å². The third kappa shape index (κ3) is 4.77. The molecule has 0 radical (unpaired) electrons. The second-order valence-corrected chi connectivity index (χ2v) is 5.16. The minimum absolute atomic E-state index is 0.0778. The molecule has 0 aliphatic carbocycles. The molecule has 112 valence electrons. The van der Waals surface area contributed by atoms with Gasteiger partial charge in [0.25, 0.3) is 0 Å². The smallest absolute Gasteiger partial charge is 0.157 e. The molecule has 4 N–H and O–H groups in total. The third-order valence-corrected chi connectivity index (χ3v) is 3.37. The summed E-state index contributed by atoms with van der Waals surface area (Å²) in [6, 6.07) is 15.2. The molecule has 0 amide bonds. The number of hydrogen-bond acceptors (Lipinski definition) is 4. The zero-order valence-corrected chi connectivity index (χ0v) is 12.1. The van der Waals surface area contributed by atoms with Crippen LogP contribution >= 0.6 is 0 Å². The highest BCUT2D eigenvalue weighted by Gasteiger charge is 2.08. The molecule has 0 saturated heterocycles. The Bertz CT molecular complexity index is 558. The zero-order valence-electron chi connectivity index (χ0n) is 12.1. The van der Waals surface area contributed by atoms with E-state index in [0.29, 0.717) is 13.1 Å². The maximum absolute atomic E-state index is 9.59. The van der Waals surface area contributed by atoms with Crippen molar-refractivity contribution in [3.05, 3.63) is 59.7 Å². The summed E-state index contributed by atoms with van der Waals surface area (Å²) in [4.78, 5) is 2.29. The first-order valence-corrected chi connectivity index (χ1v) is 7.16. The molecule has 0 aromatic heterocycles. The van der Waals surface area contributed by atoms with Crippen LogP contribution in [0.25, 0.3) is 0 Å². The summed E-state index contributed by atoms with van der Waals surface area (Å²) < 4.78 is 0. The van der Waals surface area contributed by atoms with Crippen LogP contribution in [0.3, 0.4) is 0 Å². The van der Waals surface area contributed by atoms with Gasteiger partial charge in [-0.15, -0.1) is 0 Å². The van der Waals surface area contributed by atoms with E-state index < -0.39 is 0 Å². The number of nitrogens with zero attached hydrogens (tertiary/aromatic N) is 1. The summed E-state index contributed by atoms with van der Waals surface area (Å²) in [6.07, 6.45) is 0.927. The van der Waals surface area contributed by atoms with Crippen LogP contribution in [0.5, 0.6) is 11.5 Å². The van der Waals surface area contributed by atoms with Crippen LogP contribution in [0.1, 0.15) is 17.5 Å². The summed E-state index contributed by atoms with van der Waals surface area (Å²) in [5.74, 6) is -0.165. The van der Waals surface area contributed by atoms with Crippen LogP contribution in [-0.2, 0) is 13.1 Å². The number of benzene rings is 2. The molecule has 2 aromatic carbocycles. The van der Waals surface area contributed by atoms with Crippen LogP contribution in [0.15, 0.2) is 48.5 Å². The fraction of sp³-hybridized carbons (Fsp3) is 0.294. The van der Waals surface area contributed by atoms with Crippen molar-refractivity contribution in [1.29, 1.82) is 0 Å². The van der Waals surface area contributed by atoms with Crippen LogP contribution in [-0.4, -0.2) is 28.2 Å². The Morgan fingerprint density at radius 2 is 1.57 bits per heavy atom. The van der Waals surface area contributed by atoms with Gasteiger partial charge in [0.1, 0.15) is 0 Å². The Hall–Kier alpha value is -2.04. The maximum atomic E-state index is 9.59. The van der Waals surface area contributed by atoms with Gasteiger partial charge in [0, 0.05) is 19.6 Å². The van der Waals surface area contributed by atoms with Crippen molar-refractivity contribution in [3.8, 4) is 11.5 Å². The van der Waals surface area contributed by atoms with E-state index in [1.807, 2.05) is 24.3 Å². The quantitative estimate of drug-likeness (QED) is 0.684. The lowest BCUT2D eigenvalue weighted by molar-refractivity contribution is 0.254. The number of phenolic OH excluding ortho intramolecular Hbond substituents is 2. The minimum atomic E-state index is -0.0877. The van der Waals surface area contributed by atoms with Crippen molar-refractivity contribution < 1.29 is 10.2 Å². The van der Waals surface area contributed by atoms with Gasteiger partial charge in [-0.3, -0.25) is 4.90 Å². The summed E-state index contributed by atoms with van der Waals surface area (Å²) in [5.41, 5.74) is 7.83. The van der Waals surface area contributed by atoms with Gasteiger partial charge in [-0.05, 0) is 36.2 Å². The van der Waals surface area contributed by atoms with Gasteiger partial charge in [-0.25, -0.2) is 0 Å². The Labute approximate surface area is 125 Å². The van der Waals surface area contributed by atoms with E-state index in [2.05, 4.69) is 17.0 Å². The molecule has 0 atom stereocenters. The van der Waals surface area contributed by atoms with Gasteiger partial charge in [-0.2, -0.15) is 0 Å². The van der Waals surface area contributed by atoms with E-state index in [-0.39, 0.29) is 11.5 Å². The highest BCUT2D eigenvalue weighted by atomic mass is 16.3. The number of hydrogen-bond donors (Lipinski definition) is 3. The Morgan fingerprint density at radius 1 is 0.857 bits per heavy atom. The monoisotopic (exact) mass is 286 g/mol. The van der Waals surface area contributed by atoms with Gasteiger partial charge < -0.3 is 15.9 Å². The molecule has 0 fully saturated rings. The minimum Gasteiger partial charge on any atom is -0.504 e. The molecular formula is C17H22N2O2. The number of rotatable bonds is 7. The summed E-state index contributed by atoms with van der Waals surface area (Å²) in [7, 11) is 0. The molecule has 0 bridgehead atoms. The average molecular weight is 286 g/mol. The van der Waals surface area contributed by atoms with Gasteiger partial charge in [0.05, 0.1) is 0 Å². The van der Waals surface area contributed by atoms with Crippen molar-refractivity contribution in [3.63, 3.8) is 0 Å². The van der Waals surface area contributed by atoms with E-state index in [1.54, 1.807) is 6.07 Å². The van der Waals surface area contributed by atoms with E-state index in [1.165, 1.54) is 11.6 Å². The first-order valence-electron chi connectivity index (χ1n) is 7.16. The maximum Gasteiger partial charge on any atom is 0.157 e.